The molecule has 0 radical (unpaired) electrons. The van der Waals surface area contributed by atoms with Crippen molar-refractivity contribution in [3.8, 4) is 11.3 Å². The molecule has 0 bridgehead atoms. The average Bonchev–Trinajstić information content (AvgIpc) is 3.05. The van der Waals surface area contributed by atoms with Crippen molar-refractivity contribution in [1.82, 2.24) is 10.2 Å². The third-order valence-electron chi connectivity index (χ3n) is 4.14. The minimum Gasteiger partial charge on any atom is -0.451 e. The van der Waals surface area contributed by atoms with Crippen molar-refractivity contribution in [1.29, 1.82) is 0 Å². The smallest absolute Gasteiger partial charge is 0.289 e. The molecular weight excluding hydrogens is 319 g/mol. The Hall–Kier alpha value is -1.85. The van der Waals surface area contributed by atoms with Crippen LogP contribution >= 0.6 is 12.4 Å². The number of halogens is 2. The number of carbonyl (C=O) groups is 1. The predicted molar refractivity (Wildman–Crippen MR) is 89.3 cm³/mol. The number of likely N-dealkylation sites (tertiary alicyclic amines) is 1. The third kappa shape index (κ3) is 3.92. The molecule has 1 N–H and O–H groups in total. The summed E-state index contributed by atoms with van der Waals surface area (Å²) < 4.78 is 18.6. The molecule has 0 atom stereocenters. The summed E-state index contributed by atoms with van der Waals surface area (Å²) in [6, 6.07) is 9.95. The van der Waals surface area contributed by atoms with Gasteiger partial charge < -0.3 is 14.6 Å². The van der Waals surface area contributed by atoms with Gasteiger partial charge in [-0.15, -0.1) is 12.4 Å². The van der Waals surface area contributed by atoms with E-state index in [1.165, 1.54) is 12.1 Å². The number of nitrogens with zero attached hydrogens (tertiary/aromatic N) is 1. The molecule has 1 saturated heterocycles. The number of nitrogens with one attached hydrogen (secondary N) is 1. The Morgan fingerprint density at radius 2 is 1.83 bits per heavy atom. The lowest BCUT2D eigenvalue weighted by molar-refractivity contribution is 0.0676. The summed E-state index contributed by atoms with van der Waals surface area (Å²) in [7, 11) is 1.95. The van der Waals surface area contributed by atoms with Crippen molar-refractivity contribution in [2.45, 2.75) is 18.9 Å². The van der Waals surface area contributed by atoms with Crippen molar-refractivity contribution >= 4 is 18.3 Å². The van der Waals surface area contributed by atoms with Crippen LogP contribution in [-0.4, -0.2) is 37.0 Å². The largest absolute Gasteiger partial charge is 0.451 e. The summed E-state index contributed by atoms with van der Waals surface area (Å²) in [5.41, 5.74) is 0.759. The van der Waals surface area contributed by atoms with Crippen LogP contribution in [0.5, 0.6) is 0 Å². The maximum absolute atomic E-state index is 12.9. The van der Waals surface area contributed by atoms with E-state index < -0.39 is 0 Å². The summed E-state index contributed by atoms with van der Waals surface area (Å²) >= 11 is 0. The molecule has 1 aromatic carbocycles. The van der Waals surface area contributed by atoms with Gasteiger partial charge in [0.1, 0.15) is 11.6 Å². The van der Waals surface area contributed by atoms with Crippen LogP contribution in [-0.2, 0) is 0 Å². The van der Waals surface area contributed by atoms with Gasteiger partial charge in [0.2, 0.25) is 0 Å². The summed E-state index contributed by atoms with van der Waals surface area (Å²) in [6.07, 6.45) is 1.90. The van der Waals surface area contributed by atoms with Gasteiger partial charge in [0.25, 0.3) is 5.91 Å². The molecule has 1 aromatic heterocycles. The number of benzene rings is 1. The molecule has 1 amide bonds. The Labute approximate surface area is 141 Å². The van der Waals surface area contributed by atoms with E-state index in [0.717, 1.165) is 31.5 Å². The van der Waals surface area contributed by atoms with E-state index in [-0.39, 0.29) is 24.1 Å². The zero-order valence-corrected chi connectivity index (χ0v) is 13.7. The molecule has 6 heteroatoms. The molecular formula is C17H20ClFN2O2. The Morgan fingerprint density at radius 1 is 1.17 bits per heavy atom. The highest BCUT2D eigenvalue weighted by atomic mass is 35.5. The Kier molecular flexibility index (Phi) is 5.80. The number of piperidine rings is 1. The molecule has 0 unspecified atom stereocenters. The van der Waals surface area contributed by atoms with Gasteiger partial charge in [-0.25, -0.2) is 4.39 Å². The first kappa shape index (κ1) is 17.5. The van der Waals surface area contributed by atoms with Gasteiger partial charge in [0.15, 0.2) is 5.76 Å². The second-order valence-corrected chi connectivity index (χ2v) is 5.53. The normalized spacial score (nSPS) is 15.3. The topological polar surface area (TPSA) is 45.5 Å². The standard InChI is InChI=1S/C17H19FN2O2.ClH/c1-19-14-8-10-20(11-9-14)17(21)16-7-6-15(22-16)12-2-4-13(18)5-3-12;/h2-7,14,19H,8-11H2,1H3;1H. The fraction of sp³-hybridized carbons (Fsp3) is 0.353. The van der Waals surface area contributed by atoms with Gasteiger partial charge in [-0.2, -0.15) is 0 Å². The molecule has 0 saturated carbocycles. The van der Waals surface area contributed by atoms with Crippen LogP contribution in [0.15, 0.2) is 40.8 Å². The number of carbonyl (C=O) groups excluding carboxylic acids is 1. The Balaban J connectivity index is 0.00000192. The van der Waals surface area contributed by atoms with E-state index in [2.05, 4.69) is 5.32 Å². The van der Waals surface area contributed by atoms with Gasteiger partial charge in [-0.1, -0.05) is 0 Å². The summed E-state index contributed by atoms with van der Waals surface area (Å²) in [5, 5.41) is 3.24. The lowest BCUT2D eigenvalue weighted by atomic mass is 10.1. The maximum atomic E-state index is 12.9. The SMILES string of the molecule is CNC1CCN(C(=O)c2ccc(-c3ccc(F)cc3)o2)CC1.Cl. The van der Waals surface area contributed by atoms with Crippen LogP contribution in [0.25, 0.3) is 11.3 Å². The fourth-order valence-corrected chi connectivity index (χ4v) is 2.75. The second-order valence-electron chi connectivity index (χ2n) is 5.53. The minimum atomic E-state index is -0.293. The third-order valence-corrected chi connectivity index (χ3v) is 4.14. The Bertz CT molecular complexity index is 649. The number of rotatable bonds is 3. The highest BCUT2D eigenvalue weighted by Crippen LogP contribution is 2.24. The predicted octanol–water partition coefficient (Wildman–Crippen LogP) is 3.33. The van der Waals surface area contributed by atoms with E-state index in [9.17, 15) is 9.18 Å². The average molecular weight is 339 g/mol. The number of furan rings is 1. The number of hydrogen-bond donors (Lipinski definition) is 1. The van der Waals surface area contributed by atoms with Crippen molar-refractivity contribution in [2.75, 3.05) is 20.1 Å². The van der Waals surface area contributed by atoms with Gasteiger partial charge in [0.05, 0.1) is 0 Å². The zero-order chi connectivity index (χ0) is 15.5. The number of hydrogen-bond acceptors (Lipinski definition) is 3. The molecule has 1 aliphatic heterocycles. The highest BCUT2D eigenvalue weighted by Gasteiger charge is 2.24. The lowest BCUT2D eigenvalue weighted by Crippen LogP contribution is -2.43. The maximum Gasteiger partial charge on any atom is 0.289 e. The first-order chi connectivity index (χ1) is 10.7. The van der Waals surface area contributed by atoms with E-state index in [1.54, 1.807) is 24.3 Å². The van der Waals surface area contributed by atoms with Crippen LogP contribution in [0, 0.1) is 5.82 Å². The van der Waals surface area contributed by atoms with Crippen LogP contribution in [0.2, 0.25) is 0 Å². The lowest BCUT2D eigenvalue weighted by Gasteiger charge is -2.31. The van der Waals surface area contributed by atoms with Crippen LogP contribution in [0.1, 0.15) is 23.4 Å². The van der Waals surface area contributed by atoms with E-state index >= 15 is 0 Å². The first-order valence-corrected chi connectivity index (χ1v) is 7.49. The molecule has 3 rings (SSSR count). The Morgan fingerprint density at radius 3 is 2.43 bits per heavy atom. The molecule has 0 spiro atoms. The molecule has 2 heterocycles. The zero-order valence-electron chi connectivity index (χ0n) is 12.9. The van der Waals surface area contributed by atoms with E-state index in [4.69, 9.17) is 4.42 Å². The van der Waals surface area contributed by atoms with Crippen molar-refractivity contribution in [2.24, 2.45) is 0 Å². The van der Waals surface area contributed by atoms with E-state index in [0.29, 0.717) is 17.6 Å². The number of amides is 1. The molecule has 1 fully saturated rings. The highest BCUT2D eigenvalue weighted by molar-refractivity contribution is 5.92. The summed E-state index contributed by atoms with van der Waals surface area (Å²) in [5.74, 6) is 0.539. The van der Waals surface area contributed by atoms with Gasteiger partial charge in [0, 0.05) is 24.7 Å². The molecule has 124 valence electrons. The fourth-order valence-electron chi connectivity index (χ4n) is 2.75. The van der Waals surface area contributed by atoms with Crippen molar-refractivity contribution in [3.63, 3.8) is 0 Å². The molecule has 4 nitrogen and oxygen atoms in total. The molecule has 23 heavy (non-hydrogen) atoms. The van der Waals surface area contributed by atoms with Crippen molar-refractivity contribution < 1.29 is 13.6 Å². The monoisotopic (exact) mass is 338 g/mol. The molecule has 0 aliphatic carbocycles. The summed E-state index contributed by atoms with van der Waals surface area (Å²) in [6.45, 7) is 1.47. The molecule has 1 aliphatic rings. The van der Waals surface area contributed by atoms with Crippen molar-refractivity contribution in [3.05, 3.63) is 48.0 Å². The van der Waals surface area contributed by atoms with Crippen LogP contribution in [0.4, 0.5) is 4.39 Å². The van der Waals surface area contributed by atoms with Gasteiger partial charge in [-0.3, -0.25) is 4.79 Å². The quantitative estimate of drug-likeness (QED) is 0.933. The van der Waals surface area contributed by atoms with Gasteiger partial charge >= 0.3 is 0 Å². The van der Waals surface area contributed by atoms with Crippen LogP contribution < -0.4 is 5.32 Å². The minimum absolute atomic E-state index is 0. The first-order valence-electron chi connectivity index (χ1n) is 7.49. The summed E-state index contributed by atoms with van der Waals surface area (Å²) in [4.78, 5) is 14.3. The second kappa shape index (κ2) is 7.62. The molecule has 2 aromatic rings. The van der Waals surface area contributed by atoms with E-state index in [1.807, 2.05) is 11.9 Å². The van der Waals surface area contributed by atoms with Crippen LogP contribution in [0.3, 0.4) is 0 Å². The van der Waals surface area contributed by atoms with Gasteiger partial charge in [-0.05, 0) is 56.3 Å².